The molecular formula is C15H11F4N3O2S. The van der Waals surface area contributed by atoms with Crippen molar-refractivity contribution < 1.29 is 22.3 Å². The Morgan fingerprint density at radius 2 is 2.04 bits per heavy atom. The lowest BCUT2D eigenvalue weighted by Crippen LogP contribution is -2.33. The number of fused-ring (bicyclic) bond motifs is 1. The fraction of sp³-hybridized carbons (Fsp3) is 0.200. The van der Waals surface area contributed by atoms with Crippen molar-refractivity contribution in [1.29, 1.82) is 0 Å². The molecule has 0 bridgehead atoms. The number of alkyl halides is 4. The Morgan fingerprint density at radius 1 is 1.28 bits per heavy atom. The van der Waals surface area contributed by atoms with Crippen molar-refractivity contribution in [3.05, 3.63) is 51.9 Å². The zero-order valence-electron chi connectivity index (χ0n) is 12.5. The van der Waals surface area contributed by atoms with Crippen molar-refractivity contribution in [1.82, 2.24) is 9.55 Å². The molecule has 0 saturated carbocycles. The first kappa shape index (κ1) is 17.2. The van der Waals surface area contributed by atoms with Gasteiger partial charge < -0.3 is 15.0 Å². The summed E-state index contributed by atoms with van der Waals surface area (Å²) < 4.78 is 56.7. The van der Waals surface area contributed by atoms with Gasteiger partial charge in [0.15, 0.2) is 0 Å². The maximum absolute atomic E-state index is 13.2. The van der Waals surface area contributed by atoms with E-state index in [0.717, 1.165) is 17.4 Å². The standard InChI is InChI=1S/C15H11F4N3O2S/c16-14(17)15(18,19)24-10-5-1-4-9-12(10)25-11(21-9)7-22-6-2-3-8(20)13(22)23/h1-6,14H,7,20H2. The Hall–Kier alpha value is -2.62. The largest absolute Gasteiger partial charge is 0.461 e. The van der Waals surface area contributed by atoms with Crippen molar-refractivity contribution in [2.75, 3.05) is 5.73 Å². The lowest BCUT2D eigenvalue weighted by Gasteiger charge is -2.16. The van der Waals surface area contributed by atoms with E-state index in [0.29, 0.717) is 10.5 Å². The van der Waals surface area contributed by atoms with Gasteiger partial charge >= 0.3 is 12.5 Å². The molecule has 3 aromatic rings. The summed E-state index contributed by atoms with van der Waals surface area (Å²) in [6, 6.07) is 7.10. The molecule has 0 radical (unpaired) electrons. The highest BCUT2D eigenvalue weighted by Gasteiger charge is 2.44. The van der Waals surface area contributed by atoms with E-state index in [2.05, 4.69) is 9.72 Å². The summed E-state index contributed by atoms with van der Waals surface area (Å²) in [7, 11) is 0. The second kappa shape index (κ2) is 6.36. The molecule has 2 heterocycles. The number of anilines is 1. The molecular weight excluding hydrogens is 362 g/mol. The van der Waals surface area contributed by atoms with Crippen LogP contribution in [0.25, 0.3) is 10.2 Å². The Labute approximate surface area is 142 Å². The number of ether oxygens (including phenoxy) is 1. The van der Waals surface area contributed by atoms with Gasteiger partial charge in [0.1, 0.15) is 10.8 Å². The van der Waals surface area contributed by atoms with Crippen molar-refractivity contribution in [2.24, 2.45) is 0 Å². The molecule has 1 aromatic carbocycles. The molecule has 10 heteroatoms. The fourth-order valence-corrected chi connectivity index (χ4v) is 3.15. The van der Waals surface area contributed by atoms with Crippen LogP contribution in [-0.2, 0) is 6.54 Å². The molecule has 5 nitrogen and oxygen atoms in total. The second-order valence-electron chi connectivity index (χ2n) is 5.07. The summed E-state index contributed by atoms with van der Waals surface area (Å²) in [5.74, 6) is -0.397. The van der Waals surface area contributed by atoms with Gasteiger partial charge in [0.05, 0.1) is 22.4 Å². The highest BCUT2D eigenvalue weighted by Crippen LogP contribution is 2.36. The number of hydrogen-bond donors (Lipinski definition) is 1. The van der Waals surface area contributed by atoms with E-state index in [1.165, 1.54) is 29.0 Å². The molecule has 132 valence electrons. The van der Waals surface area contributed by atoms with Crippen molar-refractivity contribution in [3.63, 3.8) is 0 Å². The average Bonchev–Trinajstić information content (AvgIpc) is 2.95. The lowest BCUT2D eigenvalue weighted by atomic mass is 10.3. The maximum Gasteiger partial charge on any atom is 0.461 e. The molecule has 0 aliphatic rings. The van der Waals surface area contributed by atoms with Crippen molar-refractivity contribution >= 4 is 27.2 Å². The number of nitrogens with zero attached hydrogens (tertiary/aromatic N) is 2. The van der Waals surface area contributed by atoms with Gasteiger partial charge in [-0.05, 0) is 24.3 Å². The number of nitrogen functional groups attached to an aromatic ring is 1. The van der Waals surface area contributed by atoms with Crippen LogP contribution in [0.15, 0.2) is 41.3 Å². The molecule has 2 aromatic heterocycles. The number of nitrogens with two attached hydrogens (primary N) is 1. The van der Waals surface area contributed by atoms with Crippen LogP contribution in [0, 0.1) is 0 Å². The molecule has 0 atom stereocenters. The molecule has 25 heavy (non-hydrogen) atoms. The number of rotatable bonds is 5. The number of thiazole rings is 1. The summed E-state index contributed by atoms with van der Waals surface area (Å²) in [6.07, 6.45) is -7.06. The van der Waals surface area contributed by atoms with E-state index in [1.54, 1.807) is 6.07 Å². The van der Waals surface area contributed by atoms with E-state index < -0.39 is 23.8 Å². The molecule has 0 aliphatic heterocycles. The minimum atomic E-state index is -4.61. The lowest BCUT2D eigenvalue weighted by molar-refractivity contribution is -0.252. The van der Waals surface area contributed by atoms with E-state index in [4.69, 9.17) is 5.73 Å². The highest BCUT2D eigenvalue weighted by atomic mass is 32.1. The zero-order chi connectivity index (χ0) is 18.2. The van der Waals surface area contributed by atoms with Crippen LogP contribution in [0.2, 0.25) is 0 Å². The van der Waals surface area contributed by atoms with Crippen LogP contribution >= 0.6 is 11.3 Å². The summed E-state index contributed by atoms with van der Waals surface area (Å²) in [5, 5.41) is 0.416. The van der Waals surface area contributed by atoms with Crippen LogP contribution in [0.4, 0.5) is 23.2 Å². The summed E-state index contributed by atoms with van der Waals surface area (Å²) >= 11 is 0.971. The van der Waals surface area contributed by atoms with Crippen LogP contribution in [0.3, 0.4) is 0 Å². The minimum Gasteiger partial charge on any atom is -0.427 e. The minimum absolute atomic E-state index is 0.0595. The quantitative estimate of drug-likeness (QED) is 0.697. The number of benzene rings is 1. The molecule has 0 aliphatic carbocycles. The summed E-state index contributed by atoms with van der Waals surface area (Å²) in [5.41, 5.74) is 5.50. The zero-order valence-corrected chi connectivity index (χ0v) is 13.3. The van der Waals surface area contributed by atoms with Gasteiger partial charge in [0, 0.05) is 6.20 Å². The van der Waals surface area contributed by atoms with Gasteiger partial charge in [-0.15, -0.1) is 11.3 Å². The Balaban J connectivity index is 1.96. The predicted molar refractivity (Wildman–Crippen MR) is 85.4 cm³/mol. The smallest absolute Gasteiger partial charge is 0.427 e. The second-order valence-corrected chi connectivity index (χ2v) is 6.16. The van der Waals surface area contributed by atoms with E-state index in [1.807, 2.05) is 0 Å². The first-order valence-corrected chi connectivity index (χ1v) is 7.78. The van der Waals surface area contributed by atoms with Crippen molar-refractivity contribution in [2.45, 2.75) is 19.1 Å². The van der Waals surface area contributed by atoms with Crippen LogP contribution < -0.4 is 16.0 Å². The molecule has 2 N–H and O–H groups in total. The Kier molecular flexibility index (Phi) is 4.38. The van der Waals surface area contributed by atoms with Crippen molar-refractivity contribution in [3.8, 4) is 5.75 Å². The third-order valence-electron chi connectivity index (χ3n) is 3.28. The van der Waals surface area contributed by atoms with Crippen LogP contribution in [0.5, 0.6) is 5.75 Å². The monoisotopic (exact) mass is 373 g/mol. The number of halogens is 4. The number of hydrogen-bond acceptors (Lipinski definition) is 5. The van der Waals surface area contributed by atoms with Gasteiger partial charge in [0.25, 0.3) is 5.56 Å². The third-order valence-corrected chi connectivity index (χ3v) is 4.35. The molecule has 3 rings (SSSR count). The third kappa shape index (κ3) is 3.43. The summed E-state index contributed by atoms with van der Waals surface area (Å²) in [4.78, 5) is 16.1. The number of pyridine rings is 1. The molecule has 0 unspecified atom stereocenters. The average molecular weight is 373 g/mol. The molecule has 0 saturated heterocycles. The molecule has 0 spiro atoms. The van der Waals surface area contributed by atoms with Gasteiger partial charge in [-0.2, -0.15) is 17.6 Å². The van der Waals surface area contributed by atoms with Crippen LogP contribution in [-0.4, -0.2) is 22.1 Å². The maximum atomic E-state index is 13.2. The normalized spacial score (nSPS) is 12.0. The SMILES string of the molecule is Nc1cccn(Cc2nc3cccc(OC(F)(F)C(F)F)c3s2)c1=O. The predicted octanol–water partition coefficient (Wildman–Crippen LogP) is 3.33. The first-order valence-electron chi connectivity index (χ1n) is 6.96. The Bertz CT molecular complexity index is 971. The van der Waals surface area contributed by atoms with Gasteiger partial charge in [-0.1, -0.05) is 6.07 Å². The van der Waals surface area contributed by atoms with E-state index >= 15 is 0 Å². The van der Waals surface area contributed by atoms with Crippen LogP contribution in [0.1, 0.15) is 5.01 Å². The topological polar surface area (TPSA) is 70.1 Å². The highest BCUT2D eigenvalue weighted by molar-refractivity contribution is 7.19. The van der Waals surface area contributed by atoms with Gasteiger partial charge in [-0.25, -0.2) is 4.98 Å². The van der Waals surface area contributed by atoms with E-state index in [-0.39, 0.29) is 16.9 Å². The summed E-state index contributed by atoms with van der Waals surface area (Å²) in [6.45, 7) is 0.0634. The Morgan fingerprint density at radius 3 is 2.76 bits per heavy atom. The molecule has 0 fully saturated rings. The number of aromatic nitrogens is 2. The van der Waals surface area contributed by atoms with E-state index in [9.17, 15) is 22.4 Å². The fourth-order valence-electron chi connectivity index (χ4n) is 2.13. The van der Waals surface area contributed by atoms with Gasteiger partial charge in [-0.3, -0.25) is 4.79 Å². The van der Waals surface area contributed by atoms with Gasteiger partial charge in [0.2, 0.25) is 0 Å². The first-order chi connectivity index (χ1) is 11.8. The molecule has 0 amide bonds.